The van der Waals surface area contributed by atoms with Crippen LogP contribution in [0, 0.1) is 0 Å². The van der Waals surface area contributed by atoms with Crippen molar-refractivity contribution < 1.29 is 73.8 Å². The van der Waals surface area contributed by atoms with E-state index < -0.39 is 92.7 Å². The Balaban J connectivity index is 1.71. The van der Waals surface area contributed by atoms with Gasteiger partial charge in [0.1, 0.15) is 55.4 Å². The van der Waals surface area contributed by atoms with Crippen LogP contribution in [-0.2, 0) is 38.0 Å². The predicted molar refractivity (Wildman–Crippen MR) is 308 cm³/mol. The Morgan fingerprint density at radius 1 is 0.397 bits per heavy atom. The van der Waals surface area contributed by atoms with E-state index in [1.165, 1.54) is 205 Å². The Morgan fingerprint density at radius 3 is 1.17 bits per heavy atom. The van der Waals surface area contributed by atoms with E-state index in [0.29, 0.717) is 19.3 Å². The Bertz CT molecular complexity index is 1400. The molecule has 0 aromatic carbocycles. The van der Waals surface area contributed by atoms with E-state index in [2.05, 4.69) is 26.0 Å². The van der Waals surface area contributed by atoms with E-state index in [0.717, 1.165) is 32.1 Å². The number of hydrogen-bond donors (Lipinski definition) is 7. The molecule has 460 valence electrons. The van der Waals surface area contributed by atoms with Crippen molar-refractivity contribution in [3.63, 3.8) is 0 Å². The largest absolute Gasteiger partial charge is 0.462 e. The van der Waals surface area contributed by atoms with Crippen LogP contribution in [0.5, 0.6) is 0 Å². The lowest BCUT2D eigenvalue weighted by molar-refractivity contribution is -0.332. The molecule has 2 aliphatic rings. The van der Waals surface area contributed by atoms with Crippen molar-refractivity contribution in [3.05, 3.63) is 12.2 Å². The zero-order valence-electron chi connectivity index (χ0n) is 49.4. The van der Waals surface area contributed by atoms with Gasteiger partial charge >= 0.3 is 11.9 Å². The number of unbranched alkanes of at least 4 members (excludes halogenated alkanes) is 37. The molecule has 0 aromatic heterocycles. The fourth-order valence-corrected chi connectivity index (χ4v) is 10.5. The summed E-state index contributed by atoms with van der Waals surface area (Å²) >= 11 is 0. The van der Waals surface area contributed by atoms with E-state index in [-0.39, 0.29) is 26.1 Å². The molecule has 7 N–H and O–H groups in total. The van der Waals surface area contributed by atoms with Gasteiger partial charge in [-0.05, 0) is 32.1 Å². The number of hydrogen-bond acceptors (Lipinski definition) is 15. The van der Waals surface area contributed by atoms with E-state index in [1.807, 2.05) is 0 Å². The summed E-state index contributed by atoms with van der Waals surface area (Å²) in [6.45, 7) is 2.64. The van der Waals surface area contributed by atoms with Gasteiger partial charge in [-0.25, -0.2) is 0 Å². The molecule has 15 heteroatoms. The minimum Gasteiger partial charge on any atom is -0.462 e. The van der Waals surface area contributed by atoms with Crippen LogP contribution in [0.1, 0.15) is 284 Å². The molecule has 0 spiro atoms. The first-order chi connectivity index (χ1) is 38.0. The Hall–Kier alpha value is -1.76. The van der Waals surface area contributed by atoms with Gasteiger partial charge in [0.25, 0.3) is 0 Å². The molecule has 0 aliphatic carbocycles. The van der Waals surface area contributed by atoms with Gasteiger partial charge < -0.3 is 64.2 Å². The highest BCUT2D eigenvalue weighted by atomic mass is 16.7. The van der Waals surface area contributed by atoms with Crippen LogP contribution in [0.3, 0.4) is 0 Å². The minimum absolute atomic E-state index is 0.123. The molecule has 2 aliphatic heterocycles. The average molecular weight is 1120 g/mol. The second-order valence-electron chi connectivity index (χ2n) is 23.0. The van der Waals surface area contributed by atoms with Crippen LogP contribution in [0.2, 0.25) is 0 Å². The second-order valence-corrected chi connectivity index (χ2v) is 23.0. The molecule has 4 unspecified atom stereocenters. The highest BCUT2D eigenvalue weighted by Crippen LogP contribution is 2.27. The van der Waals surface area contributed by atoms with E-state index >= 15 is 0 Å². The van der Waals surface area contributed by atoms with E-state index in [9.17, 15) is 45.3 Å². The zero-order valence-corrected chi connectivity index (χ0v) is 49.4. The van der Waals surface area contributed by atoms with Crippen LogP contribution in [0.4, 0.5) is 0 Å². The van der Waals surface area contributed by atoms with Crippen molar-refractivity contribution in [1.82, 2.24) is 0 Å². The first kappa shape index (κ1) is 72.3. The summed E-state index contributed by atoms with van der Waals surface area (Å²) in [5.74, 6) is -0.942. The maximum Gasteiger partial charge on any atom is 0.306 e. The highest BCUT2D eigenvalue weighted by molar-refractivity contribution is 5.70. The monoisotopic (exact) mass is 1110 g/mol. The van der Waals surface area contributed by atoms with Gasteiger partial charge in [0.15, 0.2) is 18.7 Å². The Morgan fingerprint density at radius 2 is 0.744 bits per heavy atom. The number of carbonyl (C=O) groups excluding carboxylic acids is 2. The number of aliphatic hydroxyl groups is 7. The summed E-state index contributed by atoms with van der Waals surface area (Å²) < 4.78 is 33.8. The molecule has 0 radical (unpaired) electrons. The smallest absolute Gasteiger partial charge is 0.306 e. The molecule has 15 nitrogen and oxygen atoms in total. The zero-order chi connectivity index (χ0) is 56.7. The quantitative estimate of drug-likeness (QED) is 0.0171. The van der Waals surface area contributed by atoms with Crippen LogP contribution in [-0.4, -0.2) is 142 Å². The summed E-state index contributed by atoms with van der Waals surface area (Å²) in [6.07, 6.45) is 38.2. The lowest BCUT2D eigenvalue weighted by Crippen LogP contribution is -2.61. The lowest BCUT2D eigenvalue weighted by Gasteiger charge is -2.42. The number of ether oxygens (including phenoxy) is 6. The third kappa shape index (κ3) is 36.0. The maximum atomic E-state index is 13.1. The molecule has 2 rings (SSSR count). The van der Waals surface area contributed by atoms with E-state index in [4.69, 9.17) is 28.4 Å². The van der Waals surface area contributed by atoms with Crippen LogP contribution < -0.4 is 0 Å². The lowest BCUT2D eigenvalue weighted by atomic mass is 9.98. The third-order valence-corrected chi connectivity index (χ3v) is 15.7. The molecule has 2 saturated heterocycles. The van der Waals surface area contributed by atoms with Crippen molar-refractivity contribution in [2.24, 2.45) is 0 Å². The molecule has 2 fully saturated rings. The molecule has 11 atom stereocenters. The normalized spacial score (nSPS) is 24.0. The summed E-state index contributed by atoms with van der Waals surface area (Å²) in [6, 6.07) is 0. The van der Waals surface area contributed by atoms with Gasteiger partial charge in [-0.15, -0.1) is 0 Å². The number of esters is 2. The minimum atomic E-state index is -1.77. The highest BCUT2D eigenvalue weighted by Gasteiger charge is 2.47. The number of carbonyl (C=O) groups is 2. The summed E-state index contributed by atoms with van der Waals surface area (Å²) in [4.78, 5) is 26.0. The predicted octanol–water partition coefficient (Wildman–Crippen LogP) is 12.1. The molecule has 0 saturated carbocycles. The van der Waals surface area contributed by atoms with Crippen LogP contribution in [0.15, 0.2) is 12.2 Å². The Kier molecular flexibility index (Phi) is 46.2. The maximum absolute atomic E-state index is 13.1. The number of aliphatic hydroxyl groups excluding tert-OH is 7. The van der Waals surface area contributed by atoms with Crippen LogP contribution in [0.25, 0.3) is 0 Å². The molecular weight excluding hydrogens is 997 g/mol. The summed E-state index contributed by atoms with van der Waals surface area (Å²) in [5, 5.41) is 72.4. The molecule has 0 amide bonds. The number of rotatable bonds is 53. The molecule has 78 heavy (non-hydrogen) atoms. The average Bonchev–Trinajstić information content (AvgIpc) is 3.44. The van der Waals surface area contributed by atoms with E-state index in [1.54, 1.807) is 0 Å². The first-order valence-corrected chi connectivity index (χ1v) is 32.3. The summed E-state index contributed by atoms with van der Waals surface area (Å²) in [5.41, 5.74) is 0. The van der Waals surface area contributed by atoms with Crippen LogP contribution >= 0.6 is 0 Å². The number of allylic oxidation sites excluding steroid dienone is 2. The van der Waals surface area contributed by atoms with Crippen molar-refractivity contribution in [2.45, 2.75) is 351 Å². The molecule has 0 aromatic rings. The van der Waals surface area contributed by atoms with Gasteiger partial charge in [0.05, 0.1) is 19.8 Å². The SMILES string of the molecule is CCCCCCCCCCCCCCCCCCCC/C=C/CCCC(=O)O[C@H](COC(=O)CCCCCCCCCCCCCCCCCCCCC)CO[C@H]1O[C@@H](CO[C@H]2O[C@@H](CO)[C@@H](O)C(O)C2O)[C@@H](O)C(O)C1O. The van der Waals surface area contributed by atoms with Crippen molar-refractivity contribution in [3.8, 4) is 0 Å². The summed E-state index contributed by atoms with van der Waals surface area (Å²) in [7, 11) is 0. The first-order valence-electron chi connectivity index (χ1n) is 32.3. The van der Waals surface area contributed by atoms with Crippen molar-refractivity contribution in [2.75, 3.05) is 26.4 Å². The van der Waals surface area contributed by atoms with Gasteiger partial charge in [0, 0.05) is 12.8 Å². The topological polar surface area (TPSA) is 231 Å². The van der Waals surface area contributed by atoms with Crippen molar-refractivity contribution >= 4 is 11.9 Å². The van der Waals surface area contributed by atoms with Gasteiger partial charge in [-0.2, -0.15) is 0 Å². The molecule has 0 bridgehead atoms. The molecular formula is C63H118O15. The standard InChI is InChI=1S/C63H118O15/c1-3-5-7-9-11-13-15-17-19-21-23-24-25-26-28-30-32-34-36-38-40-42-44-46-55(66)76-51(48-73-54(65)45-43-41-39-37-35-33-31-29-27-22-20-18-16-14-12-10-8-6-4-2)49-74-62-61(72)59(70)57(68)53(78-62)50-75-63-60(71)58(69)56(67)52(47-64)77-63/h38,40,51-53,56-64,67-72H,3-37,39,41-50H2,1-2H3/b40-38+/t51-,52+,53+,56-,57-,58?,59?,60?,61?,62+,63+/m1/s1. The van der Waals surface area contributed by atoms with Gasteiger partial charge in [-0.3, -0.25) is 9.59 Å². The third-order valence-electron chi connectivity index (χ3n) is 15.7. The van der Waals surface area contributed by atoms with Crippen molar-refractivity contribution in [1.29, 1.82) is 0 Å². The van der Waals surface area contributed by atoms with Gasteiger partial charge in [-0.1, -0.05) is 251 Å². The fraction of sp³-hybridized carbons (Fsp3) is 0.937. The molecule has 2 heterocycles. The van der Waals surface area contributed by atoms with Gasteiger partial charge in [0.2, 0.25) is 0 Å². The Labute approximate surface area is 473 Å². The second kappa shape index (κ2) is 49.8. The fourth-order valence-electron chi connectivity index (χ4n) is 10.5.